The van der Waals surface area contributed by atoms with Crippen LogP contribution in [0.5, 0.6) is 0 Å². The summed E-state index contributed by atoms with van der Waals surface area (Å²) >= 11 is 0. The molecule has 1 rings (SSSR count). The van der Waals surface area contributed by atoms with Gasteiger partial charge in [0.25, 0.3) is 0 Å². The number of rotatable bonds is 12. The van der Waals surface area contributed by atoms with Gasteiger partial charge < -0.3 is 4.79 Å². The number of hydrogen-bond donors (Lipinski definition) is 0. The topological polar surface area (TPSA) is 34.1 Å². The largest absolute Gasteiger partial charge is 0.303 e. The van der Waals surface area contributed by atoms with Crippen LogP contribution in [-0.4, -0.2) is 12.1 Å². The predicted octanol–water partition coefficient (Wildman–Crippen LogP) is 4.75. The van der Waals surface area contributed by atoms with Crippen molar-refractivity contribution in [2.24, 2.45) is 5.92 Å². The van der Waals surface area contributed by atoms with Gasteiger partial charge in [-0.2, -0.15) is 0 Å². The van der Waals surface area contributed by atoms with Gasteiger partial charge in [-0.05, 0) is 18.4 Å². The summed E-state index contributed by atoms with van der Waals surface area (Å²) < 4.78 is 0. The Hall–Kier alpha value is -1.44. The normalized spacial score (nSPS) is 12.0. The first-order chi connectivity index (χ1) is 10.3. The number of aldehydes is 1. The average Bonchev–Trinajstić information content (AvgIpc) is 2.51. The Labute approximate surface area is 128 Å². The molecule has 0 bridgehead atoms. The molecular weight excluding hydrogens is 260 g/mol. The van der Waals surface area contributed by atoms with Crippen LogP contribution in [0.4, 0.5) is 0 Å². The Morgan fingerprint density at radius 3 is 2.38 bits per heavy atom. The standard InChI is InChI=1S/C19H28O2/c1-2-3-4-5-6-10-13-19(21)15-18(16-20)14-17-11-8-7-9-12-17/h7-9,11-12,16,18H,2-6,10,13-15H2,1H3/t18-/m1/s1. The second kappa shape index (κ2) is 11.2. The first kappa shape index (κ1) is 17.6. The van der Waals surface area contributed by atoms with Gasteiger partial charge in [-0.3, -0.25) is 4.79 Å². The van der Waals surface area contributed by atoms with Gasteiger partial charge in [0, 0.05) is 18.8 Å². The van der Waals surface area contributed by atoms with Gasteiger partial charge in [0.1, 0.15) is 12.1 Å². The molecule has 0 saturated carbocycles. The van der Waals surface area contributed by atoms with Crippen LogP contribution in [0.1, 0.15) is 63.9 Å². The van der Waals surface area contributed by atoms with E-state index in [1.165, 1.54) is 25.7 Å². The Kier molecular flexibility index (Phi) is 9.43. The molecule has 21 heavy (non-hydrogen) atoms. The Morgan fingerprint density at radius 1 is 1.05 bits per heavy atom. The van der Waals surface area contributed by atoms with Crippen LogP contribution in [-0.2, 0) is 16.0 Å². The molecule has 0 aliphatic rings. The van der Waals surface area contributed by atoms with Crippen LogP contribution in [0, 0.1) is 5.92 Å². The van der Waals surface area contributed by atoms with Crippen molar-refractivity contribution in [3.8, 4) is 0 Å². The molecule has 0 fully saturated rings. The van der Waals surface area contributed by atoms with Crippen molar-refractivity contribution in [3.05, 3.63) is 35.9 Å². The minimum atomic E-state index is -0.167. The summed E-state index contributed by atoms with van der Waals surface area (Å²) in [4.78, 5) is 23.1. The number of Topliss-reactive ketones (excluding diaryl/α,β-unsaturated/α-hetero) is 1. The lowest BCUT2D eigenvalue weighted by Crippen LogP contribution is -2.12. The van der Waals surface area contributed by atoms with Gasteiger partial charge in [0.15, 0.2) is 0 Å². The zero-order chi connectivity index (χ0) is 15.3. The molecule has 0 aromatic heterocycles. The molecular formula is C19H28O2. The molecule has 0 radical (unpaired) electrons. The van der Waals surface area contributed by atoms with Gasteiger partial charge in [0.2, 0.25) is 0 Å². The molecule has 0 heterocycles. The smallest absolute Gasteiger partial charge is 0.133 e. The maximum absolute atomic E-state index is 11.9. The van der Waals surface area contributed by atoms with Crippen molar-refractivity contribution in [1.82, 2.24) is 0 Å². The molecule has 116 valence electrons. The van der Waals surface area contributed by atoms with Crippen molar-refractivity contribution >= 4 is 12.1 Å². The number of ketones is 1. The van der Waals surface area contributed by atoms with E-state index in [9.17, 15) is 9.59 Å². The molecule has 0 amide bonds. The lowest BCUT2D eigenvalue weighted by Gasteiger charge is -2.09. The van der Waals surface area contributed by atoms with Gasteiger partial charge in [-0.15, -0.1) is 0 Å². The molecule has 0 N–H and O–H groups in total. The van der Waals surface area contributed by atoms with Crippen molar-refractivity contribution < 1.29 is 9.59 Å². The van der Waals surface area contributed by atoms with Crippen molar-refractivity contribution in [3.63, 3.8) is 0 Å². The zero-order valence-corrected chi connectivity index (χ0v) is 13.2. The number of benzene rings is 1. The summed E-state index contributed by atoms with van der Waals surface area (Å²) in [6.45, 7) is 2.20. The molecule has 1 atom stereocenters. The van der Waals surface area contributed by atoms with Crippen LogP contribution in [0.2, 0.25) is 0 Å². The van der Waals surface area contributed by atoms with Crippen molar-refractivity contribution in [2.75, 3.05) is 0 Å². The summed E-state index contributed by atoms with van der Waals surface area (Å²) in [6, 6.07) is 9.91. The highest BCUT2D eigenvalue weighted by Crippen LogP contribution is 2.14. The SMILES string of the molecule is CCCCCCCCC(=O)C[C@H](C=O)Cc1ccccc1. The number of hydrogen-bond acceptors (Lipinski definition) is 2. The van der Waals surface area contributed by atoms with Crippen LogP contribution in [0.25, 0.3) is 0 Å². The van der Waals surface area contributed by atoms with E-state index in [2.05, 4.69) is 6.92 Å². The van der Waals surface area contributed by atoms with E-state index < -0.39 is 0 Å². The third-order valence-corrected chi connectivity index (χ3v) is 3.83. The highest BCUT2D eigenvalue weighted by molar-refractivity contribution is 5.81. The lowest BCUT2D eigenvalue weighted by molar-refractivity contribution is -0.122. The van der Waals surface area contributed by atoms with E-state index in [0.717, 1.165) is 24.7 Å². The molecule has 2 nitrogen and oxygen atoms in total. The highest BCUT2D eigenvalue weighted by Gasteiger charge is 2.13. The third-order valence-electron chi connectivity index (χ3n) is 3.83. The van der Waals surface area contributed by atoms with Crippen LogP contribution in [0.3, 0.4) is 0 Å². The maximum Gasteiger partial charge on any atom is 0.133 e. The first-order valence-electron chi connectivity index (χ1n) is 8.27. The predicted molar refractivity (Wildman–Crippen MR) is 87.3 cm³/mol. The Morgan fingerprint density at radius 2 is 1.71 bits per heavy atom. The van der Waals surface area contributed by atoms with Crippen LogP contribution < -0.4 is 0 Å². The maximum atomic E-state index is 11.9. The van der Waals surface area contributed by atoms with Crippen LogP contribution in [0.15, 0.2) is 30.3 Å². The average molecular weight is 288 g/mol. The van der Waals surface area contributed by atoms with Gasteiger partial charge >= 0.3 is 0 Å². The molecule has 2 heteroatoms. The number of carbonyl (C=O) groups excluding carboxylic acids is 2. The Bertz CT molecular complexity index is 397. The fraction of sp³-hybridized carbons (Fsp3) is 0.579. The molecule has 0 unspecified atom stereocenters. The quantitative estimate of drug-likeness (QED) is 0.411. The first-order valence-corrected chi connectivity index (χ1v) is 8.27. The van der Waals surface area contributed by atoms with Crippen LogP contribution >= 0.6 is 0 Å². The van der Waals surface area contributed by atoms with Gasteiger partial charge in [-0.25, -0.2) is 0 Å². The van der Waals surface area contributed by atoms with E-state index in [-0.39, 0.29) is 11.7 Å². The third kappa shape index (κ3) is 8.44. The molecule has 0 spiro atoms. The van der Waals surface area contributed by atoms with Crippen molar-refractivity contribution in [1.29, 1.82) is 0 Å². The summed E-state index contributed by atoms with van der Waals surface area (Å²) in [5.41, 5.74) is 1.13. The van der Waals surface area contributed by atoms with Crippen molar-refractivity contribution in [2.45, 2.75) is 64.7 Å². The van der Waals surface area contributed by atoms with E-state index in [1.807, 2.05) is 30.3 Å². The highest BCUT2D eigenvalue weighted by atomic mass is 16.1. The second-order valence-electron chi connectivity index (χ2n) is 5.85. The monoisotopic (exact) mass is 288 g/mol. The lowest BCUT2D eigenvalue weighted by atomic mass is 9.94. The molecule has 0 aliphatic carbocycles. The molecule has 1 aromatic rings. The summed E-state index contributed by atoms with van der Waals surface area (Å²) in [5, 5.41) is 0. The van der Waals surface area contributed by atoms with E-state index in [1.54, 1.807) is 0 Å². The number of carbonyl (C=O) groups is 2. The van der Waals surface area contributed by atoms with Gasteiger partial charge in [-0.1, -0.05) is 69.4 Å². The number of unbranched alkanes of at least 4 members (excludes halogenated alkanes) is 5. The second-order valence-corrected chi connectivity index (χ2v) is 5.85. The minimum absolute atomic E-state index is 0.167. The molecule has 0 aliphatic heterocycles. The van der Waals surface area contributed by atoms with E-state index in [0.29, 0.717) is 19.3 Å². The summed E-state index contributed by atoms with van der Waals surface area (Å²) in [6.07, 6.45) is 9.78. The summed E-state index contributed by atoms with van der Waals surface area (Å²) in [5.74, 6) is 0.0681. The summed E-state index contributed by atoms with van der Waals surface area (Å²) in [7, 11) is 0. The van der Waals surface area contributed by atoms with Gasteiger partial charge in [0.05, 0.1) is 0 Å². The molecule has 0 saturated heterocycles. The van der Waals surface area contributed by atoms with E-state index in [4.69, 9.17) is 0 Å². The molecule has 1 aromatic carbocycles. The Balaban J connectivity index is 2.20. The fourth-order valence-corrected chi connectivity index (χ4v) is 2.58. The minimum Gasteiger partial charge on any atom is -0.303 e. The fourth-order valence-electron chi connectivity index (χ4n) is 2.58. The zero-order valence-electron chi connectivity index (χ0n) is 13.2. The van der Waals surface area contributed by atoms with E-state index >= 15 is 0 Å².